The number of hydrogen-bond donors (Lipinski definition) is 0. The summed E-state index contributed by atoms with van der Waals surface area (Å²) in [7, 11) is 0. The first-order valence-electron chi connectivity index (χ1n) is 15.5. The number of aryl methyl sites for hydroxylation is 3. The van der Waals surface area contributed by atoms with E-state index in [0.717, 1.165) is 18.7 Å². The van der Waals surface area contributed by atoms with Gasteiger partial charge >= 0.3 is 0 Å². The zero-order valence-corrected chi connectivity index (χ0v) is 26.0. The highest BCUT2D eigenvalue weighted by molar-refractivity contribution is 6.10. The van der Waals surface area contributed by atoms with Crippen molar-refractivity contribution in [2.45, 2.75) is 66.7 Å². The van der Waals surface area contributed by atoms with Crippen LogP contribution in [-0.4, -0.2) is 14.1 Å². The smallest absolute Gasteiger partial charge is 0.144 e. The molecule has 0 aliphatic heterocycles. The van der Waals surface area contributed by atoms with Gasteiger partial charge in [-0.1, -0.05) is 95.6 Å². The number of aromatic nitrogens is 3. The van der Waals surface area contributed by atoms with Crippen LogP contribution in [0.5, 0.6) is 0 Å². The van der Waals surface area contributed by atoms with Gasteiger partial charge in [0.1, 0.15) is 5.82 Å². The number of imidazole rings is 1. The maximum absolute atomic E-state index is 5.13. The number of hydrogen-bond acceptors (Lipinski definition) is 1. The monoisotopic (exact) mass is 551 g/mol. The molecule has 7 rings (SSSR count). The summed E-state index contributed by atoms with van der Waals surface area (Å²) in [4.78, 5) is 5.13. The third-order valence-corrected chi connectivity index (χ3v) is 10.9. The van der Waals surface area contributed by atoms with Crippen molar-refractivity contribution in [1.29, 1.82) is 0 Å². The van der Waals surface area contributed by atoms with Crippen molar-refractivity contribution in [3.8, 4) is 22.8 Å². The second kappa shape index (κ2) is 9.46. The van der Waals surface area contributed by atoms with Crippen LogP contribution in [-0.2, 0) is 18.3 Å². The molecule has 0 N–H and O–H groups in total. The molecule has 0 spiro atoms. The largest absolute Gasteiger partial charge is 0.309 e. The van der Waals surface area contributed by atoms with Crippen LogP contribution >= 0.6 is 0 Å². The van der Waals surface area contributed by atoms with E-state index in [1.54, 1.807) is 0 Å². The zero-order chi connectivity index (χ0) is 29.4. The lowest BCUT2D eigenvalue weighted by molar-refractivity contribution is 0.522. The van der Waals surface area contributed by atoms with Crippen molar-refractivity contribution in [2.24, 2.45) is 11.3 Å². The molecule has 3 nitrogen and oxygen atoms in total. The molecule has 0 amide bonds. The Labute approximate surface area is 249 Å². The van der Waals surface area contributed by atoms with E-state index in [4.69, 9.17) is 4.98 Å². The second-order valence-corrected chi connectivity index (χ2v) is 13.0. The first-order chi connectivity index (χ1) is 20.2. The van der Waals surface area contributed by atoms with Crippen LogP contribution in [0.15, 0.2) is 91.3 Å². The van der Waals surface area contributed by atoms with Crippen LogP contribution in [0.3, 0.4) is 0 Å². The Morgan fingerprint density at radius 2 is 1.43 bits per heavy atom. The van der Waals surface area contributed by atoms with E-state index < -0.39 is 0 Å². The maximum Gasteiger partial charge on any atom is 0.144 e. The van der Waals surface area contributed by atoms with Gasteiger partial charge in [-0.15, -0.1) is 0 Å². The Balaban J connectivity index is 1.60. The number of nitrogens with zero attached hydrogens (tertiary/aromatic N) is 3. The fourth-order valence-electron chi connectivity index (χ4n) is 7.81. The van der Waals surface area contributed by atoms with Gasteiger partial charge in [0, 0.05) is 39.8 Å². The minimum Gasteiger partial charge on any atom is -0.309 e. The van der Waals surface area contributed by atoms with Crippen LogP contribution in [0.25, 0.3) is 44.6 Å². The average Bonchev–Trinajstić information content (AvgIpc) is 3.43. The van der Waals surface area contributed by atoms with E-state index >= 15 is 0 Å². The highest BCUT2D eigenvalue weighted by atomic mass is 15.1. The molecule has 42 heavy (non-hydrogen) atoms. The predicted molar refractivity (Wildman–Crippen MR) is 177 cm³/mol. The van der Waals surface area contributed by atoms with Crippen molar-refractivity contribution < 1.29 is 0 Å². The van der Waals surface area contributed by atoms with Crippen molar-refractivity contribution >= 4 is 21.8 Å². The van der Waals surface area contributed by atoms with Crippen LogP contribution in [0.2, 0.25) is 0 Å². The molecular formula is C39H41N3. The molecule has 1 unspecified atom stereocenters. The normalized spacial score (nSPS) is 19.5. The van der Waals surface area contributed by atoms with Crippen LogP contribution in [0, 0.1) is 18.3 Å². The van der Waals surface area contributed by atoms with Gasteiger partial charge < -0.3 is 4.57 Å². The van der Waals surface area contributed by atoms with Gasteiger partial charge in [-0.2, -0.15) is 0 Å². The third-order valence-electron chi connectivity index (χ3n) is 10.9. The fraction of sp³-hybridized carbons (Fsp3) is 0.308. The van der Waals surface area contributed by atoms with Gasteiger partial charge in [-0.05, 0) is 78.1 Å². The number of para-hydroxylation sites is 2. The molecule has 3 heteroatoms. The molecule has 1 aliphatic carbocycles. The summed E-state index contributed by atoms with van der Waals surface area (Å²) < 4.78 is 4.80. The summed E-state index contributed by atoms with van der Waals surface area (Å²) >= 11 is 0. The van der Waals surface area contributed by atoms with Crippen molar-refractivity contribution in [2.75, 3.05) is 0 Å². The molecule has 2 atom stereocenters. The molecule has 0 saturated heterocycles. The molecule has 0 bridgehead atoms. The lowest BCUT2D eigenvalue weighted by Crippen LogP contribution is -2.13. The molecule has 212 valence electrons. The van der Waals surface area contributed by atoms with Crippen molar-refractivity contribution in [1.82, 2.24) is 14.1 Å². The summed E-state index contributed by atoms with van der Waals surface area (Å²) in [6, 6.07) is 29.3. The summed E-state index contributed by atoms with van der Waals surface area (Å²) in [5, 5.41) is 2.60. The Bertz CT molecular complexity index is 1950. The topological polar surface area (TPSA) is 22.8 Å². The van der Waals surface area contributed by atoms with E-state index in [-0.39, 0.29) is 10.8 Å². The number of rotatable bonds is 6. The van der Waals surface area contributed by atoms with Crippen LogP contribution < -0.4 is 0 Å². The number of benzene rings is 4. The Hall–Kier alpha value is -4.11. The summed E-state index contributed by atoms with van der Waals surface area (Å²) in [5.74, 6) is 1.59. The zero-order valence-electron chi connectivity index (χ0n) is 26.0. The van der Waals surface area contributed by atoms with Gasteiger partial charge in [-0.25, -0.2) is 4.98 Å². The molecule has 2 aromatic heterocycles. The lowest BCUT2D eigenvalue weighted by Gasteiger charge is -2.23. The van der Waals surface area contributed by atoms with Crippen LogP contribution in [0.4, 0.5) is 0 Å². The predicted octanol–water partition coefficient (Wildman–Crippen LogP) is 10.0. The second-order valence-electron chi connectivity index (χ2n) is 13.0. The Morgan fingerprint density at radius 3 is 2.07 bits per heavy atom. The van der Waals surface area contributed by atoms with E-state index in [2.05, 4.69) is 143 Å². The Morgan fingerprint density at radius 1 is 0.786 bits per heavy atom. The summed E-state index contributed by atoms with van der Waals surface area (Å²) in [6.45, 7) is 16.5. The van der Waals surface area contributed by atoms with E-state index in [1.807, 2.05) is 6.20 Å². The molecule has 1 aliphatic rings. The molecule has 6 aromatic rings. The molecule has 1 fully saturated rings. The average molecular weight is 552 g/mol. The highest BCUT2D eigenvalue weighted by Gasteiger charge is 2.66. The first-order valence-corrected chi connectivity index (χ1v) is 15.5. The lowest BCUT2D eigenvalue weighted by atomic mass is 9.84. The number of fused-ring (bicyclic) bond motifs is 3. The third kappa shape index (κ3) is 3.62. The van der Waals surface area contributed by atoms with E-state index in [9.17, 15) is 0 Å². The minimum atomic E-state index is 0.0394. The SMILES string of the molecule is CCc1cc(C)cc(CC)c1-n1ccnc1-c1cc2c(cc1C1(C)[C@H](C)C1(C)C)c1ccccc1n2-c1ccccc1. The molecule has 1 saturated carbocycles. The van der Waals surface area contributed by atoms with Crippen LogP contribution in [0.1, 0.15) is 63.8 Å². The van der Waals surface area contributed by atoms with Crippen molar-refractivity contribution in [3.05, 3.63) is 114 Å². The van der Waals surface area contributed by atoms with Gasteiger partial charge in [0.25, 0.3) is 0 Å². The standard InChI is InChI=1S/C39H41N3/c1-8-27-21-25(3)22-28(9-2)36(27)41-20-19-40-37(41)32-24-35-31(23-33(32)39(7)26(4)38(39,5)6)30-17-13-14-18-34(30)42(35)29-15-11-10-12-16-29/h10-24,26H,8-9H2,1-7H3/t26-,39?/m1/s1. The van der Waals surface area contributed by atoms with Gasteiger partial charge in [-0.3, -0.25) is 4.57 Å². The first kappa shape index (κ1) is 26.8. The highest BCUT2D eigenvalue weighted by Crippen LogP contribution is 2.70. The fourth-order valence-corrected chi connectivity index (χ4v) is 7.81. The Kier molecular flexibility index (Phi) is 6.03. The molecule has 4 aromatic carbocycles. The van der Waals surface area contributed by atoms with E-state index in [0.29, 0.717) is 5.92 Å². The maximum atomic E-state index is 5.13. The van der Waals surface area contributed by atoms with Gasteiger partial charge in [0.2, 0.25) is 0 Å². The molecule has 0 radical (unpaired) electrons. The molecular weight excluding hydrogens is 510 g/mol. The minimum absolute atomic E-state index is 0.0394. The van der Waals surface area contributed by atoms with Gasteiger partial charge in [0.15, 0.2) is 0 Å². The van der Waals surface area contributed by atoms with E-state index in [1.165, 1.54) is 61.0 Å². The van der Waals surface area contributed by atoms with Gasteiger partial charge in [0.05, 0.1) is 16.7 Å². The quantitative estimate of drug-likeness (QED) is 0.202. The molecule has 2 heterocycles. The summed E-state index contributed by atoms with van der Waals surface area (Å²) in [5.41, 5.74) is 11.9. The van der Waals surface area contributed by atoms with Crippen molar-refractivity contribution in [3.63, 3.8) is 0 Å². The summed E-state index contributed by atoms with van der Waals surface area (Å²) in [6.07, 6.45) is 6.12.